The molecule has 0 unspecified atom stereocenters. The molecule has 1 nitrogen and oxygen atoms in total. The van der Waals surface area contributed by atoms with Crippen LogP contribution < -0.4 is 15.1 Å². The molecule has 1 aliphatic heterocycles. The minimum atomic E-state index is -1.96. The van der Waals surface area contributed by atoms with Crippen molar-refractivity contribution in [1.29, 1.82) is 0 Å². The molecule has 0 aromatic heterocycles. The first-order chi connectivity index (χ1) is 22.1. The Bertz CT molecular complexity index is 2130. The molecule has 2 aliphatic carbocycles. The van der Waals surface area contributed by atoms with Gasteiger partial charge in [-0.15, -0.1) is 0 Å². The van der Waals surface area contributed by atoms with Crippen molar-refractivity contribution >= 4 is 18.4 Å². The van der Waals surface area contributed by atoms with E-state index in [4.69, 9.17) is 4.74 Å². The van der Waals surface area contributed by atoms with Gasteiger partial charge in [-0.2, -0.15) is 0 Å². The quantitative estimate of drug-likeness (QED) is 0.180. The summed E-state index contributed by atoms with van der Waals surface area (Å²) >= 11 is 0. The molecule has 3 aliphatic rings. The molecule has 45 heavy (non-hydrogen) atoms. The number of benzene rings is 6. The molecule has 1 heterocycles. The monoisotopic (exact) mass is 596 g/mol. The molecule has 6 aromatic rings. The lowest BCUT2D eigenvalue weighted by Crippen LogP contribution is -2.56. The van der Waals surface area contributed by atoms with Crippen LogP contribution in [-0.4, -0.2) is 8.07 Å². The SMILES string of the molecule is C[Si]1(C)c2ccccc2Oc2c(-c3cc4c(cc3C3CCCC3)-c3ccccc3-c3ccccc3-c3ccccc3-4)cccc21. The van der Waals surface area contributed by atoms with Crippen molar-refractivity contribution < 1.29 is 4.74 Å². The van der Waals surface area contributed by atoms with E-state index in [1.807, 2.05) is 0 Å². The van der Waals surface area contributed by atoms with Gasteiger partial charge in [0.25, 0.3) is 0 Å². The number of para-hydroxylation sites is 2. The third-order valence-electron chi connectivity index (χ3n) is 10.7. The van der Waals surface area contributed by atoms with Gasteiger partial charge in [-0.25, -0.2) is 0 Å². The summed E-state index contributed by atoms with van der Waals surface area (Å²) in [6, 6.07) is 47.7. The molecule has 0 radical (unpaired) electrons. The molecule has 1 saturated carbocycles. The Morgan fingerprint density at radius 1 is 0.467 bits per heavy atom. The standard InChI is InChI=1S/C43H36OSi/c1-45(2)41-24-12-11-23-40(41)44-43-35(22-13-25-42(43)45)39-27-38-34-21-10-8-19-32(34)30-17-6-5-16-29(30)31-18-7-9-20-33(31)37(38)26-36(39)28-14-3-4-15-28/h5-13,16-28H,3-4,14-15H2,1-2H3. The van der Waals surface area contributed by atoms with Crippen LogP contribution in [0.4, 0.5) is 0 Å². The minimum Gasteiger partial charge on any atom is -0.457 e. The van der Waals surface area contributed by atoms with Gasteiger partial charge < -0.3 is 4.74 Å². The predicted molar refractivity (Wildman–Crippen MR) is 192 cm³/mol. The van der Waals surface area contributed by atoms with Gasteiger partial charge in [0.05, 0.1) is 0 Å². The highest BCUT2D eigenvalue weighted by atomic mass is 28.3. The summed E-state index contributed by atoms with van der Waals surface area (Å²) in [6.45, 7) is 4.94. The van der Waals surface area contributed by atoms with Crippen LogP contribution in [0.2, 0.25) is 13.1 Å². The summed E-state index contributed by atoms with van der Waals surface area (Å²) in [4.78, 5) is 0. The van der Waals surface area contributed by atoms with Crippen molar-refractivity contribution in [2.24, 2.45) is 0 Å². The van der Waals surface area contributed by atoms with Crippen LogP contribution >= 0.6 is 0 Å². The Morgan fingerprint density at radius 3 is 1.53 bits per heavy atom. The van der Waals surface area contributed by atoms with Gasteiger partial charge in [-0.1, -0.05) is 135 Å². The molecule has 2 heteroatoms. The van der Waals surface area contributed by atoms with E-state index in [0.717, 1.165) is 11.5 Å². The normalized spacial score (nSPS) is 15.7. The smallest absolute Gasteiger partial charge is 0.134 e. The summed E-state index contributed by atoms with van der Waals surface area (Å²) in [5.41, 5.74) is 14.5. The van der Waals surface area contributed by atoms with Crippen molar-refractivity contribution in [3.05, 3.63) is 133 Å². The molecule has 0 spiro atoms. The first kappa shape index (κ1) is 26.7. The van der Waals surface area contributed by atoms with Crippen LogP contribution in [0, 0.1) is 0 Å². The average Bonchev–Trinajstić information content (AvgIpc) is 3.62. The molecule has 0 atom stereocenters. The van der Waals surface area contributed by atoms with E-state index in [-0.39, 0.29) is 0 Å². The van der Waals surface area contributed by atoms with E-state index in [9.17, 15) is 0 Å². The van der Waals surface area contributed by atoms with Crippen molar-refractivity contribution in [3.8, 4) is 67.1 Å². The van der Waals surface area contributed by atoms with Crippen LogP contribution in [0.3, 0.4) is 0 Å². The second-order valence-corrected chi connectivity index (χ2v) is 17.8. The molecule has 6 aromatic carbocycles. The number of ether oxygens (including phenoxy) is 1. The number of rotatable bonds is 2. The van der Waals surface area contributed by atoms with E-state index >= 15 is 0 Å². The maximum atomic E-state index is 6.91. The third-order valence-corrected chi connectivity index (χ3v) is 14.2. The number of hydrogen-bond acceptors (Lipinski definition) is 1. The third kappa shape index (κ3) is 4.05. The zero-order valence-corrected chi connectivity index (χ0v) is 26.9. The van der Waals surface area contributed by atoms with Gasteiger partial charge in [-0.3, -0.25) is 0 Å². The summed E-state index contributed by atoms with van der Waals surface area (Å²) in [5, 5.41) is 2.77. The van der Waals surface area contributed by atoms with Gasteiger partial charge >= 0.3 is 0 Å². The Kier molecular flexibility index (Phi) is 6.05. The Morgan fingerprint density at radius 2 is 0.933 bits per heavy atom. The van der Waals surface area contributed by atoms with E-state index in [1.54, 1.807) is 0 Å². The van der Waals surface area contributed by atoms with E-state index < -0.39 is 8.07 Å². The zero-order chi connectivity index (χ0) is 30.1. The molecular formula is C43H36OSi. The molecular weight excluding hydrogens is 561 g/mol. The summed E-state index contributed by atoms with van der Waals surface area (Å²) < 4.78 is 6.91. The maximum absolute atomic E-state index is 6.91. The van der Waals surface area contributed by atoms with Crippen molar-refractivity contribution in [3.63, 3.8) is 0 Å². The zero-order valence-electron chi connectivity index (χ0n) is 25.9. The van der Waals surface area contributed by atoms with Crippen molar-refractivity contribution in [2.75, 3.05) is 0 Å². The molecule has 9 rings (SSSR count). The molecule has 1 fully saturated rings. The number of fused-ring (bicyclic) bond motifs is 10. The van der Waals surface area contributed by atoms with Crippen molar-refractivity contribution in [1.82, 2.24) is 0 Å². The lowest BCUT2D eigenvalue weighted by atomic mass is 9.77. The van der Waals surface area contributed by atoms with Gasteiger partial charge in [0.15, 0.2) is 0 Å². The van der Waals surface area contributed by atoms with Gasteiger partial charge in [0, 0.05) is 5.56 Å². The summed E-state index contributed by atoms with van der Waals surface area (Å²) in [5.74, 6) is 2.64. The topological polar surface area (TPSA) is 9.23 Å². The van der Waals surface area contributed by atoms with E-state index in [1.165, 1.54) is 97.3 Å². The second-order valence-electron chi connectivity index (χ2n) is 13.5. The van der Waals surface area contributed by atoms with Gasteiger partial charge in [-0.05, 0) is 103 Å². The van der Waals surface area contributed by atoms with Crippen molar-refractivity contribution in [2.45, 2.75) is 44.7 Å². The van der Waals surface area contributed by atoms with Crippen LogP contribution in [0.1, 0.15) is 37.2 Å². The lowest BCUT2D eigenvalue weighted by Gasteiger charge is -2.34. The van der Waals surface area contributed by atoms with Crippen LogP contribution in [0.5, 0.6) is 11.5 Å². The average molecular weight is 597 g/mol. The Balaban J connectivity index is 1.37. The summed E-state index contributed by atoms with van der Waals surface area (Å²) in [7, 11) is -1.96. The van der Waals surface area contributed by atoms with E-state index in [2.05, 4.69) is 140 Å². The lowest BCUT2D eigenvalue weighted by molar-refractivity contribution is 0.488. The van der Waals surface area contributed by atoms with Gasteiger partial charge in [0.2, 0.25) is 0 Å². The molecule has 218 valence electrons. The Hall–Kier alpha value is -4.66. The minimum absolute atomic E-state index is 0.544. The first-order valence-corrected chi connectivity index (χ1v) is 19.5. The second kappa shape index (κ2) is 10.2. The van der Waals surface area contributed by atoms with Gasteiger partial charge in [0.1, 0.15) is 19.6 Å². The highest BCUT2D eigenvalue weighted by Crippen LogP contribution is 2.52. The van der Waals surface area contributed by atoms with E-state index in [0.29, 0.717) is 5.92 Å². The summed E-state index contributed by atoms with van der Waals surface area (Å²) in [6.07, 6.45) is 5.08. The highest BCUT2D eigenvalue weighted by molar-refractivity contribution is 7.01. The first-order valence-electron chi connectivity index (χ1n) is 16.5. The molecule has 0 bridgehead atoms. The highest BCUT2D eigenvalue weighted by Gasteiger charge is 2.38. The fraction of sp³-hybridized carbons (Fsp3) is 0.163. The predicted octanol–water partition coefficient (Wildman–Crippen LogP) is 10.9. The molecule has 0 saturated heterocycles. The number of hydrogen-bond donors (Lipinski definition) is 0. The van der Waals surface area contributed by atoms with Crippen LogP contribution in [0.25, 0.3) is 55.6 Å². The van der Waals surface area contributed by atoms with Crippen LogP contribution in [0.15, 0.2) is 127 Å². The molecule has 0 N–H and O–H groups in total. The van der Waals surface area contributed by atoms with Crippen LogP contribution in [-0.2, 0) is 0 Å². The largest absolute Gasteiger partial charge is 0.457 e. The molecule has 0 amide bonds. The maximum Gasteiger partial charge on any atom is 0.134 e. The fourth-order valence-corrected chi connectivity index (χ4v) is 11.2. The Labute approximate surface area is 267 Å². The fourth-order valence-electron chi connectivity index (χ4n) is 8.41.